The van der Waals surface area contributed by atoms with Crippen molar-refractivity contribution in [3.63, 3.8) is 0 Å². The summed E-state index contributed by atoms with van der Waals surface area (Å²) in [5.74, 6) is 1.62. The lowest BCUT2D eigenvalue weighted by molar-refractivity contribution is -0.128. The van der Waals surface area contributed by atoms with E-state index in [0.717, 1.165) is 17.6 Å². The minimum atomic E-state index is -0.338. The minimum absolute atomic E-state index is 0.0161. The molecule has 0 heterocycles. The van der Waals surface area contributed by atoms with Crippen molar-refractivity contribution >= 4 is 69.5 Å². The Bertz CT molecular complexity index is 2440. The number of rotatable bonds is 24. The first-order valence-corrected chi connectivity index (χ1v) is 31.1. The summed E-state index contributed by atoms with van der Waals surface area (Å²) < 4.78 is 0. The van der Waals surface area contributed by atoms with E-state index in [9.17, 15) is 57.5 Å². The maximum Gasteiger partial charge on any atom is 0.243 e. The predicted molar refractivity (Wildman–Crippen MR) is 366 cm³/mol. The van der Waals surface area contributed by atoms with E-state index in [2.05, 4.69) is 18.5 Å². The Morgan fingerprint density at radius 1 is 0.420 bits per heavy atom. The van der Waals surface area contributed by atoms with Crippen molar-refractivity contribution in [3.05, 3.63) is 84.6 Å². The lowest BCUT2D eigenvalue weighted by Gasteiger charge is -2.18. The second kappa shape index (κ2) is 45.3. The van der Waals surface area contributed by atoms with Crippen LogP contribution in [-0.4, -0.2) is 75.1 Å². The zero-order chi connectivity index (χ0) is 71.0. The summed E-state index contributed by atoms with van der Waals surface area (Å²) in [6.45, 7) is 59.6. The molecule has 1 aliphatic rings. The number of ketones is 11. The van der Waals surface area contributed by atoms with E-state index < -0.39 is 0 Å². The Labute approximate surface area is 535 Å². The van der Waals surface area contributed by atoms with Crippen LogP contribution in [0.4, 0.5) is 0 Å². The second-order valence-electron chi connectivity index (χ2n) is 29.9. The second-order valence-corrected chi connectivity index (χ2v) is 29.9. The molecule has 0 atom stereocenters. The van der Waals surface area contributed by atoms with Crippen molar-refractivity contribution in [1.29, 1.82) is 0 Å². The fourth-order valence-electron chi connectivity index (χ4n) is 5.77. The highest BCUT2D eigenvalue weighted by atomic mass is 16.2. The van der Waals surface area contributed by atoms with Gasteiger partial charge >= 0.3 is 0 Å². The van der Waals surface area contributed by atoms with Crippen LogP contribution in [0.3, 0.4) is 0 Å². The van der Waals surface area contributed by atoms with E-state index in [1.54, 1.807) is 44.2 Å². The number of carbonyl (C=O) groups is 12. The molecule has 1 N–H and O–H groups in total. The molecule has 1 aliphatic carbocycles. The highest BCUT2D eigenvalue weighted by Gasteiger charge is 2.25. The number of hydrogen-bond donors (Lipinski definition) is 1. The Morgan fingerprint density at radius 2 is 0.727 bits per heavy atom. The fourth-order valence-corrected chi connectivity index (χ4v) is 5.77. The summed E-state index contributed by atoms with van der Waals surface area (Å²) in [6, 6.07) is 0. The summed E-state index contributed by atoms with van der Waals surface area (Å²) in [5.41, 5.74) is 0.578. The number of nitrogens with one attached hydrogen (secondary N) is 1. The summed E-state index contributed by atoms with van der Waals surface area (Å²) >= 11 is 0. The third-order valence-corrected chi connectivity index (χ3v) is 12.0. The smallest absolute Gasteiger partial charge is 0.243 e. The van der Waals surface area contributed by atoms with Crippen molar-refractivity contribution in [2.75, 3.05) is 0 Å². The van der Waals surface area contributed by atoms with Gasteiger partial charge in [0, 0.05) is 102 Å². The standard InChI is InChI=1S/C13H20O2.2C12H20O2.2C11H18O2.C9H16O.C7H13NO/c1-13(2,3)12(15)9-8-11(14)7-6-10-4-5-10;1-9(2)8-10(13)6-7-11(14)12(3,4)5;1-5-6-7-10(13)8-9-11(14)12(2,3)4;1-8(2)9(12)6-7-10(13)11(3,4)5;1-5-6-9(12)7-8-10(13)11(2,3)4;1-7(2)6-8(10)9(3,4)5;1-5-6(9)8-7(2,3)4/h6-7,10H,4-5,8-9H2,1-3H3;8H,6-7H2,1-5H3;6-7H,5,8-9H2,1-4H3;1,6-7H2,2-5H3;5-6H,7-8H2,1-4H3;6H,1-5H3;5H,1H2,2-4H3,(H,8,9)/b7-6+;;7-6+;;6-5+;;. The van der Waals surface area contributed by atoms with Gasteiger partial charge in [0.05, 0.1) is 0 Å². The fraction of sp³-hybridized carbons (Fsp3) is 0.653. The molecule has 502 valence electrons. The molecular formula is C75H125NO12. The zero-order valence-electron chi connectivity index (χ0n) is 60.8. The van der Waals surface area contributed by atoms with Crippen LogP contribution in [0.5, 0.6) is 0 Å². The van der Waals surface area contributed by atoms with Gasteiger partial charge in [-0.2, -0.15) is 0 Å². The van der Waals surface area contributed by atoms with Crippen LogP contribution in [0.2, 0.25) is 0 Å². The Kier molecular flexibility index (Phi) is 48.0. The van der Waals surface area contributed by atoms with E-state index in [-0.39, 0.29) is 108 Å². The molecule has 1 rings (SSSR count). The van der Waals surface area contributed by atoms with E-state index in [0.29, 0.717) is 75.7 Å². The first kappa shape index (κ1) is 93.2. The lowest BCUT2D eigenvalue weighted by atomic mass is 9.87. The lowest BCUT2D eigenvalue weighted by Crippen LogP contribution is -2.39. The first-order valence-electron chi connectivity index (χ1n) is 31.1. The van der Waals surface area contributed by atoms with Crippen LogP contribution in [0.25, 0.3) is 0 Å². The van der Waals surface area contributed by atoms with Gasteiger partial charge < -0.3 is 5.32 Å². The van der Waals surface area contributed by atoms with Gasteiger partial charge in [-0.25, -0.2) is 0 Å². The monoisotopic (exact) mass is 1230 g/mol. The molecule has 0 unspecified atom stereocenters. The normalized spacial score (nSPS) is 12.3. The van der Waals surface area contributed by atoms with Gasteiger partial charge in [0.15, 0.2) is 34.7 Å². The van der Waals surface area contributed by atoms with E-state index in [4.69, 9.17) is 0 Å². The predicted octanol–water partition coefficient (Wildman–Crippen LogP) is 17.5. The topological polar surface area (TPSA) is 217 Å². The van der Waals surface area contributed by atoms with Gasteiger partial charge in [-0.1, -0.05) is 174 Å². The van der Waals surface area contributed by atoms with Crippen LogP contribution in [-0.2, 0) is 57.5 Å². The average molecular weight is 1230 g/mol. The Morgan fingerprint density at radius 3 is 0.955 bits per heavy atom. The van der Waals surface area contributed by atoms with Crippen LogP contribution in [0, 0.1) is 38.4 Å². The third-order valence-electron chi connectivity index (χ3n) is 12.0. The van der Waals surface area contributed by atoms with Gasteiger partial charge in [-0.15, -0.1) is 0 Å². The molecule has 0 aromatic rings. The van der Waals surface area contributed by atoms with Crippen LogP contribution >= 0.6 is 0 Å². The molecule has 88 heavy (non-hydrogen) atoms. The zero-order valence-corrected chi connectivity index (χ0v) is 60.8. The molecule has 1 saturated carbocycles. The van der Waals surface area contributed by atoms with Crippen molar-refractivity contribution < 1.29 is 57.5 Å². The molecule has 13 heteroatoms. The molecule has 0 spiro atoms. The van der Waals surface area contributed by atoms with Crippen molar-refractivity contribution in [2.45, 2.75) is 283 Å². The molecule has 1 amide bonds. The minimum Gasteiger partial charge on any atom is -0.348 e. The van der Waals surface area contributed by atoms with E-state index >= 15 is 0 Å². The maximum atomic E-state index is 11.5. The van der Waals surface area contributed by atoms with Crippen LogP contribution in [0.1, 0.15) is 277 Å². The summed E-state index contributed by atoms with van der Waals surface area (Å²) in [4.78, 5) is 135. The molecular weight excluding hydrogens is 1110 g/mol. The third kappa shape index (κ3) is 63.1. The van der Waals surface area contributed by atoms with E-state index in [1.807, 2.05) is 192 Å². The van der Waals surface area contributed by atoms with Gasteiger partial charge in [-0.05, 0) is 130 Å². The van der Waals surface area contributed by atoms with Crippen molar-refractivity contribution in [3.8, 4) is 0 Å². The molecule has 0 saturated heterocycles. The van der Waals surface area contributed by atoms with E-state index in [1.165, 1.54) is 25.0 Å². The van der Waals surface area contributed by atoms with Crippen LogP contribution in [0.15, 0.2) is 84.6 Å². The van der Waals surface area contributed by atoms with Gasteiger partial charge in [0.1, 0.15) is 28.9 Å². The Balaban J connectivity index is -0.000000224. The van der Waals surface area contributed by atoms with Crippen LogP contribution < -0.4 is 5.32 Å². The highest BCUT2D eigenvalue weighted by molar-refractivity contribution is 5.98. The molecule has 0 aliphatic heterocycles. The van der Waals surface area contributed by atoms with Gasteiger partial charge in [0.25, 0.3) is 0 Å². The number of amides is 1. The van der Waals surface area contributed by atoms with Gasteiger partial charge in [-0.3, -0.25) is 57.5 Å². The number of hydrogen-bond acceptors (Lipinski definition) is 12. The molecule has 0 radical (unpaired) electrons. The molecule has 1 fully saturated rings. The number of carbonyl (C=O) groups excluding carboxylic acids is 12. The van der Waals surface area contributed by atoms with Crippen molar-refractivity contribution in [1.82, 2.24) is 5.32 Å². The first-order chi connectivity index (χ1) is 39.4. The summed E-state index contributed by atoms with van der Waals surface area (Å²) in [5, 5.41) is 2.71. The average Bonchev–Trinajstić information content (AvgIpc) is 4.25. The molecule has 0 aromatic heterocycles. The number of allylic oxidation sites excluding steroid dienone is 11. The Hall–Kier alpha value is -5.98. The molecule has 0 bridgehead atoms. The largest absolute Gasteiger partial charge is 0.348 e. The summed E-state index contributed by atoms with van der Waals surface area (Å²) in [7, 11) is 0. The maximum absolute atomic E-state index is 11.5. The highest BCUT2D eigenvalue weighted by Crippen LogP contribution is 2.30. The molecule has 0 aromatic carbocycles. The number of Topliss-reactive ketones (excluding diaryl/α,β-unsaturated/α-hetero) is 6. The van der Waals surface area contributed by atoms with Crippen molar-refractivity contribution in [2.24, 2.45) is 38.4 Å². The quantitative estimate of drug-likeness (QED) is 0.0893. The van der Waals surface area contributed by atoms with Gasteiger partial charge in [0.2, 0.25) is 5.91 Å². The SMILES string of the molecule is C/C=C/C(=O)CCC(=O)C(C)(C)C.C=C(C)C(=O)CCC(=O)C(C)(C)C.C=CC(=O)NC(C)(C)C.CC(C)(C)C(=O)CCC(=O)/C=C/C1CC1.CC(C)=CC(=O)C(C)(C)C.CC(C)=CC(=O)CCC(=O)C(C)(C)C.CC/C=C/C(=O)CCC(=O)C(C)(C)C. The molecule has 13 nitrogen and oxygen atoms in total. The summed E-state index contributed by atoms with van der Waals surface area (Å²) in [6.07, 6.45) is 21.5.